The fourth-order valence-corrected chi connectivity index (χ4v) is 2.81. The zero-order valence-corrected chi connectivity index (χ0v) is 13.9. The zero-order chi connectivity index (χ0) is 18.0. The maximum Gasteiger partial charge on any atom is 0.417 e. The van der Waals surface area contributed by atoms with Crippen LogP contribution in [0.3, 0.4) is 0 Å². The van der Waals surface area contributed by atoms with E-state index in [-0.39, 0.29) is 21.7 Å². The highest BCUT2D eigenvalue weighted by Gasteiger charge is 2.31. The second-order valence-corrected chi connectivity index (χ2v) is 6.11. The van der Waals surface area contributed by atoms with E-state index in [1.807, 2.05) is 0 Å². The third-order valence-electron chi connectivity index (χ3n) is 3.06. The van der Waals surface area contributed by atoms with Crippen LogP contribution in [0.1, 0.15) is 5.56 Å². The molecule has 0 saturated heterocycles. The highest BCUT2D eigenvalue weighted by molar-refractivity contribution is 7.99. The van der Waals surface area contributed by atoms with Crippen molar-refractivity contribution >= 4 is 40.6 Å². The first-order valence-corrected chi connectivity index (χ1v) is 8.16. The second-order valence-electron chi connectivity index (χ2n) is 4.80. The Labute approximate surface area is 148 Å². The van der Waals surface area contributed by atoms with Gasteiger partial charge in [-0.15, -0.1) is 10.2 Å². The highest BCUT2D eigenvalue weighted by atomic mass is 35.5. The summed E-state index contributed by atoms with van der Waals surface area (Å²) in [5, 5.41) is 10.5. The van der Waals surface area contributed by atoms with Gasteiger partial charge in [0.1, 0.15) is 0 Å². The van der Waals surface area contributed by atoms with Crippen LogP contribution >= 0.6 is 23.4 Å². The number of aromatic nitrogens is 4. The molecule has 0 saturated carbocycles. The molecule has 0 fully saturated rings. The quantitative estimate of drug-likeness (QED) is 0.547. The van der Waals surface area contributed by atoms with Crippen LogP contribution in [0.15, 0.2) is 41.8 Å². The molecule has 0 aromatic carbocycles. The number of carbonyl (C=O) groups excluding carboxylic acids is 1. The van der Waals surface area contributed by atoms with Crippen LogP contribution in [0.25, 0.3) is 5.65 Å². The van der Waals surface area contributed by atoms with Crippen LogP contribution in [0, 0.1) is 0 Å². The van der Waals surface area contributed by atoms with Crippen molar-refractivity contribution in [3.63, 3.8) is 0 Å². The molecule has 1 amide bonds. The Hall–Kier alpha value is -2.33. The first kappa shape index (κ1) is 17.5. The topological polar surface area (TPSA) is 72.2 Å². The average molecular weight is 388 g/mol. The van der Waals surface area contributed by atoms with Crippen LogP contribution in [-0.2, 0) is 11.0 Å². The number of thioether (sulfide) groups is 1. The number of amides is 1. The lowest BCUT2D eigenvalue weighted by Crippen LogP contribution is -2.15. The lowest BCUT2D eigenvalue weighted by atomic mass is 10.3. The van der Waals surface area contributed by atoms with Crippen molar-refractivity contribution in [3.05, 3.63) is 47.4 Å². The van der Waals surface area contributed by atoms with Gasteiger partial charge < -0.3 is 5.32 Å². The lowest BCUT2D eigenvalue weighted by Gasteiger charge is -2.08. The van der Waals surface area contributed by atoms with Crippen molar-refractivity contribution in [1.82, 2.24) is 19.6 Å². The SMILES string of the molecule is O=C(CSc1nnc2ccc(C(F)(F)F)cn12)Nc1cccnc1Cl. The normalized spacial score (nSPS) is 11.7. The molecule has 25 heavy (non-hydrogen) atoms. The molecule has 6 nitrogen and oxygen atoms in total. The molecule has 0 aliphatic rings. The third-order valence-corrected chi connectivity index (χ3v) is 4.31. The van der Waals surface area contributed by atoms with Crippen LogP contribution in [-0.4, -0.2) is 31.2 Å². The molecule has 0 aliphatic heterocycles. The van der Waals surface area contributed by atoms with Crippen molar-refractivity contribution < 1.29 is 18.0 Å². The largest absolute Gasteiger partial charge is 0.417 e. The van der Waals surface area contributed by atoms with Crippen molar-refractivity contribution in [3.8, 4) is 0 Å². The van der Waals surface area contributed by atoms with Crippen LogP contribution in [0.2, 0.25) is 5.15 Å². The van der Waals surface area contributed by atoms with Gasteiger partial charge >= 0.3 is 6.18 Å². The Bertz CT molecular complexity index is 930. The number of alkyl halides is 3. The van der Waals surface area contributed by atoms with E-state index in [0.29, 0.717) is 5.69 Å². The van der Waals surface area contributed by atoms with Crippen LogP contribution in [0.5, 0.6) is 0 Å². The molecule has 1 N–H and O–H groups in total. The van der Waals surface area contributed by atoms with E-state index in [4.69, 9.17) is 11.6 Å². The van der Waals surface area contributed by atoms with Gasteiger partial charge in [0.2, 0.25) is 5.91 Å². The summed E-state index contributed by atoms with van der Waals surface area (Å²) < 4.78 is 39.6. The van der Waals surface area contributed by atoms with E-state index >= 15 is 0 Å². The van der Waals surface area contributed by atoms with Gasteiger partial charge in [0, 0.05) is 12.4 Å². The summed E-state index contributed by atoms with van der Waals surface area (Å²) in [5.41, 5.74) is -0.223. The first-order valence-electron chi connectivity index (χ1n) is 6.80. The number of halogens is 4. The number of hydrogen-bond acceptors (Lipinski definition) is 5. The van der Waals surface area contributed by atoms with Gasteiger partial charge in [-0.2, -0.15) is 13.2 Å². The van der Waals surface area contributed by atoms with E-state index in [2.05, 4.69) is 20.5 Å². The van der Waals surface area contributed by atoms with E-state index in [1.54, 1.807) is 12.1 Å². The monoisotopic (exact) mass is 387 g/mol. The van der Waals surface area contributed by atoms with Gasteiger partial charge in [-0.05, 0) is 24.3 Å². The minimum Gasteiger partial charge on any atom is -0.323 e. The van der Waals surface area contributed by atoms with Crippen molar-refractivity contribution in [2.75, 3.05) is 11.1 Å². The predicted molar refractivity (Wildman–Crippen MR) is 86.6 cm³/mol. The summed E-state index contributed by atoms with van der Waals surface area (Å²) in [4.78, 5) is 15.8. The second kappa shape index (κ2) is 6.89. The molecule has 0 atom stereocenters. The molecule has 3 aromatic rings. The van der Waals surface area contributed by atoms with E-state index < -0.39 is 17.6 Å². The van der Waals surface area contributed by atoms with Gasteiger partial charge in [0.05, 0.1) is 17.0 Å². The minimum absolute atomic E-state index is 0.0811. The van der Waals surface area contributed by atoms with Gasteiger partial charge in [-0.25, -0.2) is 4.98 Å². The summed E-state index contributed by atoms with van der Waals surface area (Å²) in [6, 6.07) is 5.34. The summed E-state index contributed by atoms with van der Waals surface area (Å²) in [6.45, 7) is 0. The predicted octanol–water partition coefficient (Wildman–Crippen LogP) is 3.53. The number of fused-ring (bicyclic) bond motifs is 1. The lowest BCUT2D eigenvalue weighted by molar-refractivity contribution is -0.137. The molecular formula is C14H9ClF3N5OS. The van der Waals surface area contributed by atoms with Crippen LogP contribution in [0.4, 0.5) is 18.9 Å². The molecule has 0 radical (unpaired) electrons. The summed E-state index contributed by atoms with van der Waals surface area (Å²) in [6.07, 6.45) is -2.10. The molecule has 3 rings (SSSR count). The molecule has 0 unspecified atom stereocenters. The van der Waals surface area contributed by atoms with Crippen molar-refractivity contribution in [1.29, 1.82) is 0 Å². The van der Waals surface area contributed by atoms with E-state index in [9.17, 15) is 18.0 Å². The molecule has 3 aromatic heterocycles. The van der Waals surface area contributed by atoms with Gasteiger partial charge in [-0.1, -0.05) is 23.4 Å². The number of pyridine rings is 2. The number of anilines is 1. The summed E-state index contributed by atoms with van der Waals surface area (Å²) in [5.74, 6) is -0.481. The van der Waals surface area contributed by atoms with Crippen molar-refractivity contribution in [2.45, 2.75) is 11.3 Å². The summed E-state index contributed by atoms with van der Waals surface area (Å²) in [7, 11) is 0. The standard InChI is InChI=1S/C14H9ClF3N5OS/c15-12-9(2-1-5-19-12)20-11(24)7-25-13-22-21-10-4-3-8(6-23(10)13)14(16,17)18/h1-6H,7H2,(H,20,24). The fraction of sp³-hybridized carbons (Fsp3) is 0.143. The van der Waals surface area contributed by atoms with Gasteiger partial charge in [0.15, 0.2) is 16.0 Å². The first-order chi connectivity index (χ1) is 11.8. The maximum absolute atomic E-state index is 12.8. The smallest absolute Gasteiger partial charge is 0.323 e. The molecular weight excluding hydrogens is 379 g/mol. The van der Waals surface area contributed by atoms with E-state index in [1.165, 1.54) is 16.7 Å². The molecule has 3 heterocycles. The zero-order valence-electron chi connectivity index (χ0n) is 12.3. The number of nitrogens with one attached hydrogen (secondary N) is 1. The van der Waals surface area contributed by atoms with Gasteiger partial charge in [0.25, 0.3) is 0 Å². The Balaban J connectivity index is 1.73. The molecule has 0 aliphatic carbocycles. The molecule has 0 spiro atoms. The Morgan fingerprint density at radius 2 is 2.08 bits per heavy atom. The van der Waals surface area contributed by atoms with Crippen LogP contribution < -0.4 is 5.32 Å². The third kappa shape index (κ3) is 4.02. The highest BCUT2D eigenvalue weighted by Crippen LogP contribution is 2.30. The van der Waals surface area contributed by atoms with E-state index in [0.717, 1.165) is 24.0 Å². The molecule has 130 valence electrons. The number of rotatable bonds is 4. The summed E-state index contributed by atoms with van der Waals surface area (Å²) >= 11 is 6.80. The number of hydrogen-bond donors (Lipinski definition) is 1. The fourth-order valence-electron chi connectivity index (χ4n) is 1.93. The Morgan fingerprint density at radius 3 is 2.80 bits per heavy atom. The Morgan fingerprint density at radius 1 is 1.28 bits per heavy atom. The molecule has 0 bridgehead atoms. The maximum atomic E-state index is 12.8. The minimum atomic E-state index is -4.48. The Kier molecular flexibility index (Phi) is 4.82. The molecule has 11 heteroatoms. The van der Waals surface area contributed by atoms with Crippen molar-refractivity contribution in [2.24, 2.45) is 0 Å². The number of nitrogens with zero attached hydrogens (tertiary/aromatic N) is 4. The van der Waals surface area contributed by atoms with Gasteiger partial charge in [-0.3, -0.25) is 9.20 Å². The number of carbonyl (C=O) groups is 1. The average Bonchev–Trinajstić information content (AvgIpc) is 2.96.